The molecule has 9 nitrogen and oxygen atoms in total. The Hall–Kier alpha value is -2.63. The van der Waals surface area contributed by atoms with Crippen LogP contribution in [0.2, 0.25) is 0 Å². The molecule has 0 amide bonds. The number of hydrogen-bond acceptors (Lipinski definition) is 9. The first-order chi connectivity index (χ1) is 12.0. The summed E-state index contributed by atoms with van der Waals surface area (Å²) in [5, 5.41) is 5.38. The highest BCUT2D eigenvalue weighted by molar-refractivity contribution is 7.91. The third-order valence-electron chi connectivity index (χ3n) is 2.91. The second-order valence-corrected chi connectivity index (χ2v) is 7.61. The average Bonchev–Trinajstić information content (AvgIpc) is 3.31. The quantitative estimate of drug-likeness (QED) is 0.607. The van der Waals surface area contributed by atoms with Gasteiger partial charge in [0, 0.05) is 18.0 Å². The Kier molecular flexibility index (Phi) is 5.16. The average molecular weight is 380 g/mol. The Morgan fingerprint density at radius 2 is 2.20 bits per heavy atom. The highest BCUT2D eigenvalue weighted by Crippen LogP contribution is 2.15. The number of thiophene rings is 1. The van der Waals surface area contributed by atoms with Crippen LogP contribution in [0.5, 0.6) is 0 Å². The predicted octanol–water partition coefficient (Wildman–Crippen LogP) is 1.21. The molecule has 0 aliphatic rings. The van der Waals surface area contributed by atoms with E-state index in [0.29, 0.717) is 11.4 Å². The minimum atomic E-state index is -3.72. The van der Waals surface area contributed by atoms with Crippen LogP contribution < -0.4 is 4.72 Å². The van der Waals surface area contributed by atoms with E-state index in [1.807, 2.05) is 0 Å². The maximum absolute atomic E-state index is 11.9. The normalized spacial score (nSPS) is 11.4. The van der Waals surface area contributed by atoms with E-state index < -0.39 is 22.5 Å². The van der Waals surface area contributed by atoms with Gasteiger partial charge in [0.15, 0.2) is 6.61 Å². The number of ether oxygens (including phenoxy) is 1. The van der Waals surface area contributed by atoms with Crippen LogP contribution in [-0.4, -0.2) is 36.1 Å². The summed E-state index contributed by atoms with van der Waals surface area (Å²) in [4.78, 5) is 19.7. The number of esters is 1. The lowest BCUT2D eigenvalue weighted by molar-refractivity contribution is -0.144. The summed E-state index contributed by atoms with van der Waals surface area (Å²) in [6, 6.07) is 6.53. The summed E-state index contributed by atoms with van der Waals surface area (Å²) in [5.41, 5.74) is 0.660. The Morgan fingerprint density at radius 1 is 1.32 bits per heavy atom. The minimum absolute atomic E-state index is 0.0910. The van der Waals surface area contributed by atoms with E-state index in [-0.39, 0.29) is 16.7 Å². The van der Waals surface area contributed by atoms with Gasteiger partial charge in [0.1, 0.15) is 10.8 Å². The fourth-order valence-electron chi connectivity index (χ4n) is 1.76. The molecule has 3 rings (SSSR count). The second kappa shape index (κ2) is 7.51. The van der Waals surface area contributed by atoms with Crippen molar-refractivity contribution in [3.8, 4) is 11.4 Å². The van der Waals surface area contributed by atoms with Crippen LogP contribution in [0.4, 0.5) is 0 Å². The summed E-state index contributed by atoms with van der Waals surface area (Å²) >= 11 is 1.05. The van der Waals surface area contributed by atoms with Crippen LogP contribution in [0.25, 0.3) is 11.4 Å². The van der Waals surface area contributed by atoms with Crippen LogP contribution in [0.1, 0.15) is 5.89 Å². The molecule has 0 aromatic carbocycles. The van der Waals surface area contributed by atoms with Gasteiger partial charge in [-0.25, -0.2) is 8.42 Å². The van der Waals surface area contributed by atoms with Gasteiger partial charge in [-0.05, 0) is 23.6 Å². The molecule has 0 aliphatic carbocycles. The number of rotatable bonds is 7. The minimum Gasteiger partial charge on any atom is -0.455 e. The highest BCUT2D eigenvalue weighted by Gasteiger charge is 2.17. The number of carbonyl (C=O) groups excluding carboxylic acids is 1. The van der Waals surface area contributed by atoms with Gasteiger partial charge in [0.25, 0.3) is 15.9 Å². The first kappa shape index (κ1) is 17.2. The molecule has 25 heavy (non-hydrogen) atoms. The van der Waals surface area contributed by atoms with Crippen LogP contribution in [0.15, 0.2) is 50.8 Å². The van der Waals surface area contributed by atoms with E-state index in [0.717, 1.165) is 11.3 Å². The van der Waals surface area contributed by atoms with Gasteiger partial charge in [-0.1, -0.05) is 11.2 Å². The lowest BCUT2D eigenvalue weighted by atomic mass is 10.3. The molecule has 11 heteroatoms. The Bertz CT molecular complexity index is 939. The summed E-state index contributed by atoms with van der Waals surface area (Å²) < 4.78 is 35.9. The smallest absolute Gasteiger partial charge is 0.321 e. The number of aromatic nitrogens is 3. The van der Waals surface area contributed by atoms with Gasteiger partial charge in [-0.2, -0.15) is 9.71 Å². The number of nitrogens with zero attached hydrogens (tertiary/aromatic N) is 3. The molecule has 0 bridgehead atoms. The zero-order chi connectivity index (χ0) is 17.7. The maximum Gasteiger partial charge on any atom is 0.321 e. The predicted molar refractivity (Wildman–Crippen MR) is 86.8 cm³/mol. The van der Waals surface area contributed by atoms with Crippen molar-refractivity contribution in [3.05, 3.63) is 47.9 Å². The molecule has 0 fully saturated rings. The van der Waals surface area contributed by atoms with E-state index in [1.54, 1.807) is 36.0 Å². The van der Waals surface area contributed by atoms with Crippen LogP contribution in [0, 0.1) is 0 Å². The summed E-state index contributed by atoms with van der Waals surface area (Å²) in [5.74, 6) is -0.355. The Labute approximate surface area is 146 Å². The first-order valence-corrected chi connectivity index (χ1v) is 9.33. The molecule has 0 atom stereocenters. The van der Waals surface area contributed by atoms with E-state index in [2.05, 4.69) is 19.8 Å². The van der Waals surface area contributed by atoms with Crippen molar-refractivity contribution in [3.63, 3.8) is 0 Å². The van der Waals surface area contributed by atoms with Crippen LogP contribution in [-0.2, 0) is 26.2 Å². The van der Waals surface area contributed by atoms with Crippen LogP contribution >= 0.6 is 11.3 Å². The van der Waals surface area contributed by atoms with E-state index in [4.69, 9.17) is 9.26 Å². The van der Waals surface area contributed by atoms with Gasteiger partial charge in [0.2, 0.25) is 5.82 Å². The van der Waals surface area contributed by atoms with E-state index in [1.165, 1.54) is 6.07 Å². The summed E-state index contributed by atoms with van der Waals surface area (Å²) in [7, 11) is -3.72. The van der Waals surface area contributed by atoms with Gasteiger partial charge < -0.3 is 9.26 Å². The monoisotopic (exact) mass is 380 g/mol. The molecule has 0 unspecified atom stereocenters. The van der Waals surface area contributed by atoms with Gasteiger partial charge >= 0.3 is 5.97 Å². The highest BCUT2D eigenvalue weighted by atomic mass is 32.2. The zero-order valence-corrected chi connectivity index (χ0v) is 14.3. The van der Waals surface area contributed by atoms with Crippen molar-refractivity contribution >= 4 is 27.3 Å². The molecule has 1 N–H and O–H groups in total. The number of carbonyl (C=O) groups is 1. The van der Waals surface area contributed by atoms with Crippen molar-refractivity contribution in [2.24, 2.45) is 0 Å². The molecule has 0 spiro atoms. The molecule has 130 valence electrons. The molecule has 3 aromatic heterocycles. The van der Waals surface area contributed by atoms with E-state index >= 15 is 0 Å². The standard InChI is InChI=1S/C14H12N4O5S2/c19-12(8-16-25(20,21)13-4-2-6-24-13)22-9-11-17-14(18-23-11)10-3-1-5-15-7-10/h1-7,16H,8-9H2. The third-order valence-corrected chi connectivity index (χ3v) is 5.71. The molecule has 0 radical (unpaired) electrons. The number of sulfonamides is 1. The second-order valence-electron chi connectivity index (χ2n) is 4.67. The van der Waals surface area contributed by atoms with Gasteiger partial charge in [-0.3, -0.25) is 9.78 Å². The Balaban J connectivity index is 1.51. The van der Waals surface area contributed by atoms with Crippen molar-refractivity contribution in [2.45, 2.75) is 10.8 Å². The molecular formula is C14H12N4O5S2. The van der Waals surface area contributed by atoms with E-state index in [9.17, 15) is 13.2 Å². The topological polar surface area (TPSA) is 124 Å². The third kappa shape index (κ3) is 4.47. The van der Waals surface area contributed by atoms with Crippen molar-refractivity contribution in [1.82, 2.24) is 19.8 Å². The largest absolute Gasteiger partial charge is 0.455 e. The first-order valence-electron chi connectivity index (χ1n) is 6.96. The molecular weight excluding hydrogens is 368 g/mol. The zero-order valence-electron chi connectivity index (χ0n) is 12.7. The van der Waals surface area contributed by atoms with Gasteiger partial charge in [-0.15, -0.1) is 11.3 Å². The van der Waals surface area contributed by atoms with Crippen molar-refractivity contribution in [1.29, 1.82) is 0 Å². The fourth-order valence-corrected chi connectivity index (χ4v) is 3.77. The SMILES string of the molecule is O=C(CNS(=O)(=O)c1cccs1)OCc1nc(-c2cccnc2)no1. The van der Waals surface area contributed by atoms with Crippen LogP contribution in [0.3, 0.4) is 0 Å². The number of nitrogens with one attached hydrogen (secondary N) is 1. The lowest BCUT2D eigenvalue weighted by Gasteiger charge is -2.04. The molecule has 3 heterocycles. The molecule has 0 saturated carbocycles. The lowest BCUT2D eigenvalue weighted by Crippen LogP contribution is -2.30. The maximum atomic E-state index is 11.9. The molecule has 3 aromatic rings. The summed E-state index contributed by atoms with van der Waals surface area (Å²) in [6.45, 7) is -0.753. The fraction of sp³-hybridized carbons (Fsp3) is 0.143. The number of hydrogen-bond donors (Lipinski definition) is 1. The van der Waals surface area contributed by atoms with Gasteiger partial charge in [0.05, 0.1) is 0 Å². The summed E-state index contributed by atoms with van der Waals surface area (Å²) in [6.07, 6.45) is 3.18. The van der Waals surface area contributed by atoms with Crippen molar-refractivity contribution < 1.29 is 22.5 Å². The van der Waals surface area contributed by atoms with Crippen molar-refractivity contribution in [2.75, 3.05) is 6.54 Å². The Morgan fingerprint density at radius 3 is 2.92 bits per heavy atom. The molecule has 0 saturated heterocycles. The molecule has 0 aliphatic heterocycles. The number of pyridine rings is 1.